The van der Waals surface area contributed by atoms with Crippen LogP contribution in [0.4, 0.5) is 11.5 Å². The van der Waals surface area contributed by atoms with E-state index in [0.717, 1.165) is 5.56 Å². The highest BCUT2D eigenvalue weighted by molar-refractivity contribution is 5.68. The first-order chi connectivity index (χ1) is 7.16. The molecule has 2 rings (SSSR count). The van der Waals surface area contributed by atoms with E-state index in [4.69, 9.17) is 16.6 Å². The van der Waals surface area contributed by atoms with Gasteiger partial charge in [-0.15, -0.1) is 10.2 Å². The van der Waals surface area contributed by atoms with Gasteiger partial charge in [0.1, 0.15) is 5.75 Å². The van der Waals surface area contributed by atoms with Gasteiger partial charge in [-0.3, -0.25) is 0 Å². The van der Waals surface area contributed by atoms with E-state index in [1.165, 1.54) is 0 Å². The van der Waals surface area contributed by atoms with E-state index in [1.807, 2.05) is 0 Å². The largest absolute Gasteiger partial charge is 0.508 e. The minimum atomic E-state index is 0.204. The van der Waals surface area contributed by atoms with Crippen LogP contribution in [0.5, 0.6) is 5.75 Å². The topological polar surface area (TPSA) is 98.0 Å². The first-order valence-electron chi connectivity index (χ1n) is 4.35. The Morgan fingerprint density at radius 3 is 2.27 bits per heavy atom. The minimum Gasteiger partial charge on any atom is -0.508 e. The van der Waals surface area contributed by atoms with Crippen molar-refractivity contribution in [3.8, 4) is 17.0 Å². The van der Waals surface area contributed by atoms with Gasteiger partial charge in [-0.2, -0.15) is 0 Å². The van der Waals surface area contributed by atoms with Crippen LogP contribution in [0.1, 0.15) is 0 Å². The third-order valence-electron chi connectivity index (χ3n) is 2.02. The summed E-state index contributed by atoms with van der Waals surface area (Å²) in [6.45, 7) is 0. The Labute approximate surface area is 86.4 Å². The Morgan fingerprint density at radius 2 is 1.67 bits per heavy atom. The Bertz CT molecular complexity index is 481. The summed E-state index contributed by atoms with van der Waals surface area (Å²) in [4.78, 5) is 0. The number of aromatic hydroxyl groups is 1. The molecule has 0 unspecified atom stereocenters. The second-order valence-electron chi connectivity index (χ2n) is 3.12. The van der Waals surface area contributed by atoms with Gasteiger partial charge in [0.2, 0.25) is 0 Å². The molecule has 0 amide bonds. The zero-order chi connectivity index (χ0) is 10.8. The summed E-state index contributed by atoms with van der Waals surface area (Å²) in [7, 11) is 0. The van der Waals surface area contributed by atoms with Gasteiger partial charge in [-0.1, -0.05) is 0 Å². The first-order valence-corrected chi connectivity index (χ1v) is 4.35. The molecule has 5 N–H and O–H groups in total. The van der Waals surface area contributed by atoms with Gasteiger partial charge < -0.3 is 16.6 Å². The molecule has 2 aromatic rings. The van der Waals surface area contributed by atoms with Crippen molar-refractivity contribution < 1.29 is 5.11 Å². The SMILES string of the molecule is Nc1cc(-c2ccc(O)cc2)nnc1N. The average Bonchev–Trinajstić information content (AvgIpc) is 2.23. The van der Waals surface area contributed by atoms with Crippen molar-refractivity contribution in [1.29, 1.82) is 0 Å². The number of phenols is 1. The molecule has 1 heterocycles. The van der Waals surface area contributed by atoms with Crippen molar-refractivity contribution in [3.63, 3.8) is 0 Å². The summed E-state index contributed by atoms with van der Waals surface area (Å²) in [5, 5.41) is 16.7. The van der Waals surface area contributed by atoms with Crippen molar-refractivity contribution in [1.82, 2.24) is 10.2 Å². The van der Waals surface area contributed by atoms with E-state index >= 15 is 0 Å². The highest BCUT2D eigenvalue weighted by Crippen LogP contribution is 2.22. The van der Waals surface area contributed by atoms with Gasteiger partial charge in [-0.25, -0.2) is 0 Å². The highest BCUT2D eigenvalue weighted by atomic mass is 16.3. The molecule has 0 fully saturated rings. The Hall–Kier alpha value is -2.30. The van der Waals surface area contributed by atoms with Gasteiger partial charge in [0, 0.05) is 5.56 Å². The van der Waals surface area contributed by atoms with Gasteiger partial charge in [-0.05, 0) is 30.3 Å². The van der Waals surface area contributed by atoms with E-state index < -0.39 is 0 Å². The standard InChI is InChI=1S/C10H10N4O/c11-8-5-9(13-14-10(8)12)6-1-3-7(15)4-2-6/h1-5,15H,(H2,11,13)(H2,12,14). The lowest BCUT2D eigenvalue weighted by molar-refractivity contribution is 0.475. The molecule has 0 saturated heterocycles. The molecule has 0 spiro atoms. The number of aromatic nitrogens is 2. The molecule has 1 aromatic carbocycles. The zero-order valence-electron chi connectivity index (χ0n) is 7.88. The van der Waals surface area contributed by atoms with Gasteiger partial charge >= 0.3 is 0 Å². The lowest BCUT2D eigenvalue weighted by Gasteiger charge is -2.02. The fourth-order valence-electron chi connectivity index (χ4n) is 1.19. The molecule has 0 saturated carbocycles. The molecule has 0 bridgehead atoms. The third-order valence-corrected chi connectivity index (χ3v) is 2.02. The van der Waals surface area contributed by atoms with Crippen LogP contribution in [0.15, 0.2) is 30.3 Å². The van der Waals surface area contributed by atoms with Crippen molar-refractivity contribution >= 4 is 11.5 Å². The molecule has 15 heavy (non-hydrogen) atoms. The molecule has 0 aliphatic heterocycles. The number of nitrogens with zero attached hydrogens (tertiary/aromatic N) is 2. The third kappa shape index (κ3) is 1.80. The Kier molecular flexibility index (Phi) is 2.13. The number of hydrogen-bond acceptors (Lipinski definition) is 5. The van der Waals surface area contributed by atoms with Crippen LogP contribution >= 0.6 is 0 Å². The second kappa shape index (κ2) is 3.45. The number of nitrogens with two attached hydrogens (primary N) is 2. The molecule has 76 valence electrons. The highest BCUT2D eigenvalue weighted by Gasteiger charge is 2.03. The number of benzene rings is 1. The molecule has 0 radical (unpaired) electrons. The molecule has 5 nitrogen and oxygen atoms in total. The zero-order valence-corrected chi connectivity index (χ0v) is 7.88. The monoisotopic (exact) mass is 202 g/mol. The van der Waals surface area contributed by atoms with Crippen LogP contribution in [0, 0.1) is 0 Å². The van der Waals surface area contributed by atoms with Crippen molar-refractivity contribution in [2.24, 2.45) is 0 Å². The molecule has 0 aliphatic rings. The summed E-state index contributed by atoms with van der Waals surface area (Å²) in [5.41, 5.74) is 12.9. The number of hydrogen-bond donors (Lipinski definition) is 3. The van der Waals surface area contributed by atoms with Gasteiger partial charge in [0.25, 0.3) is 0 Å². The predicted octanol–water partition coefficient (Wildman–Crippen LogP) is 1.01. The van der Waals surface area contributed by atoms with Crippen molar-refractivity contribution in [3.05, 3.63) is 30.3 Å². The first kappa shape index (κ1) is 9.26. The fraction of sp³-hybridized carbons (Fsp3) is 0. The summed E-state index contributed by atoms with van der Waals surface area (Å²) < 4.78 is 0. The van der Waals surface area contributed by atoms with Crippen LogP contribution in [-0.2, 0) is 0 Å². The lowest BCUT2D eigenvalue weighted by atomic mass is 10.1. The van der Waals surface area contributed by atoms with Crippen molar-refractivity contribution in [2.45, 2.75) is 0 Å². The number of anilines is 2. The van der Waals surface area contributed by atoms with Crippen LogP contribution in [-0.4, -0.2) is 15.3 Å². The average molecular weight is 202 g/mol. The Balaban J connectivity index is 2.45. The number of phenolic OH excluding ortho intramolecular Hbond substituents is 1. The van der Waals surface area contributed by atoms with Crippen LogP contribution in [0.2, 0.25) is 0 Å². The minimum absolute atomic E-state index is 0.204. The second-order valence-corrected chi connectivity index (χ2v) is 3.12. The maximum atomic E-state index is 9.12. The molecular formula is C10H10N4O. The summed E-state index contributed by atoms with van der Waals surface area (Å²) in [6.07, 6.45) is 0. The molecule has 0 aliphatic carbocycles. The maximum Gasteiger partial charge on any atom is 0.169 e. The summed E-state index contributed by atoms with van der Waals surface area (Å²) in [5.74, 6) is 0.424. The van der Waals surface area contributed by atoms with E-state index in [9.17, 15) is 0 Å². The maximum absolute atomic E-state index is 9.12. The van der Waals surface area contributed by atoms with Crippen LogP contribution in [0.3, 0.4) is 0 Å². The molecule has 0 atom stereocenters. The smallest absolute Gasteiger partial charge is 0.169 e. The van der Waals surface area contributed by atoms with Crippen LogP contribution in [0.25, 0.3) is 11.3 Å². The van der Waals surface area contributed by atoms with Gasteiger partial charge in [0.05, 0.1) is 11.4 Å². The van der Waals surface area contributed by atoms with E-state index in [0.29, 0.717) is 11.4 Å². The van der Waals surface area contributed by atoms with E-state index in [2.05, 4.69) is 10.2 Å². The fourth-order valence-corrected chi connectivity index (χ4v) is 1.19. The van der Waals surface area contributed by atoms with Gasteiger partial charge in [0.15, 0.2) is 5.82 Å². The molecular weight excluding hydrogens is 192 g/mol. The molecule has 1 aromatic heterocycles. The van der Waals surface area contributed by atoms with E-state index in [1.54, 1.807) is 30.3 Å². The normalized spacial score (nSPS) is 10.1. The number of nitrogen functional groups attached to an aromatic ring is 2. The molecule has 5 heteroatoms. The van der Waals surface area contributed by atoms with Crippen LogP contribution < -0.4 is 11.5 Å². The summed E-state index contributed by atoms with van der Waals surface area (Å²) >= 11 is 0. The predicted molar refractivity (Wildman–Crippen MR) is 58.0 cm³/mol. The number of rotatable bonds is 1. The lowest BCUT2D eigenvalue weighted by Crippen LogP contribution is -2.00. The van der Waals surface area contributed by atoms with E-state index in [-0.39, 0.29) is 11.6 Å². The van der Waals surface area contributed by atoms with Crippen molar-refractivity contribution in [2.75, 3.05) is 11.5 Å². The Morgan fingerprint density at radius 1 is 1.00 bits per heavy atom. The quantitative estimate of drug-likeness (QED) is 0.641. The summed E-state index contributed by atoms with van der Waals surface area (Å²) in [6, 6.07) is 8.26.